The molecule has 18 heavy (non-hydrogen) atoms. The molecule has 0 spiro atoms. The van der Waals surface area contributed by atoms with Gasteiger partial charge in [0, 0.05) is 6.54 Å². The van der Waals surface area contributed by atoms with E-state index in [1.54, 1.807) is 6.92 Å². The Balaban J connectivity index is 2.89. The summed E-state index contributed by atoms with van der Waals surface area (Å²) in [6.07, 6.45) is 3.12. The van der Waals surface area contributed by atoms with Crippen LogP contribution in [0.15, 0.2) is 0 Å². The van der Waals surface area contributed by atoms with Crippen LogP contribution in [0.4, 0.5) is 0 Å². The van der Waals surface area contributed by atoms with Gasteiger partial charge in [-0.25, -0.2) is 0 Å². The Bertz CT molecular complexity index is 301. The van der Waals surface area contributed by atoms with Crippen LogP contribution in [-0.2, 0) is 4.79 Å². The summed E-state index contributed by atoms with van der Waals surface area (Å²) >= 11 is 0. The summed E-state index contributed by atoms with van der Waals surface area (Å²) in [4.78, 5) is 13.6. The zero-order valence-corrected chi connectivity index (χ0v) is 12.1. The lowest BCUT2D eigenvalue weighted by Crippen LogP contribution is -2.56. The maximum absolute atomic E-state index is 11.7. The minimum absolute atomic E-state index is 0.117. The van der Waals surface area contributed by atoms with E-state index < -0.39 is 17.1 Å². The van der Waals surface area contributed by atoms with Crippen molar-refractivity contribution in [2.24, 2.45) is 5.92 Å². The standard InChI is InChI=1S/C14H27NO3/c1-5-7-14(12(16)17)8-6-9-15(14)10-13(4,18)11(2)3/h11,18H,5-10H2,1-4H3,(H,16,17). The first kappa shape index (κ1) is 15.4. The highest BCUT2D eigenvalue weighted by atomic mass is 16.4. The molecule has 0 aliphatic carbocycles. The molecule has 1 saturated heterocycles. The van der Waals surface area contributed by atoms with E-state index in [2.05, 4.69) is 0 Å². The Morgan fingerprint density at radius 2 is 2.11 bits per heavy atom. The number of β-amino-alcohol motifs (C(OH)–C–C–N with tert-alkyl or cyclic N) is 1. The van der Waals surface area contributed by atoms with Crippen LogP contribution < -0.4 is 0 Å². The molecule has 0 saturated carbocycles. The van der Waals surface area contributed by atoms with Crippen LogP contribution in [0.5, 0.6) is 0 Å². The van der Waals surface area contributed by atoms with Crippen LogP contribution in [-0.4, -0.2) is 45.3 Å². The van der Waals surface area contributed by atoms with Gasteiger partial charge in [-0.2, -0.15) is 0 Å². The number of likely N-dealkylation sites (tertiary alicyclic amines) is 1. The molecule has 1 aliphatic rings. The quantitative estimate of drug-likeness (QED) is 0.765. The Morgan fingerprint density at radius 1 is 1.50 bits per heavy atom. The van der Waals surface area contributed by atoms with Crippen LogP contribution in [0.3, 0.4) is 0 Å². The van der Waals surface area contributed by atoms with Gasteiger partial charge in [-0.3, -0.25) is 9.69 Å². The highest BCUT2D eigenvalue weighted by Crippen LogP contribution is 2.36. The number of carbonyl (C=O) groups is 1. The summed E-state index contributed by atoms with van der Waals surface area (Å²) < 4.78 is 0. The molecule has 0 bridgehead atoms. The van der Waals surface area contributed by atoms with E-state index in [1.165, 1.54) is 0 Å². The monoisotopic (exact) mass is 257 g/mol. The van der Waals surface area contributed by atoms with Crippen LogP contribution in [0.25, 0.3) is 0 Å². The van der Waals surface area contributed by atoms with Crippen molar-refractivity contribution in [3.05, 3.63) is 0 Å². The lowest BCUT2D eigenvalue weighted by atomic mass is 9.87. The molecule has 4 nitrogen and oxygen atoms in total. The van der Waals surface area contributed by atoms with Crippen molar-refractivity contribution >= 4 is 5.97 Å². The van der Waals surface area contributed by atoms with Crippen LogP contribution in [0.1, 0.15) is 53.4 Å². The van der Waals surface area contributed by atoms with Gasteiger partial charge in [0.1, 0.15) is 5.54 Å². The van der Waals surface area contributed by atoms with E-state index in [-0.39, 0.29) is 5.92 Å². The predicted octanol–water partition coefficient (Wildman–Crippen LogP) is 2.11. The van der Waals surface area contributed by atoms with Crippen molar-refractivity contribution in [2.45, 2.75) is 64.5 Å². The van der Waals surface area contributed by atoms with Crippen LogP contribution in [0, 0.1) is 5.92 Å². The highest BCUT2D eigenvalue weighted by molar-refractivity contribution is 5.79. The summed E-state index contributed by atoms with van der Waals surface area (Å²) in [5, 5.41) is 20.0. The van der Waals surface area contributed by atoms with Crippen molar-refractivity contribution in [2.75, 3.05) is 13.1 Å². The first-order valence-corrected chi connectivity index (χ1v) is 6.97. The van der Waals surface area contributed by atoms with Crippen molar-refractivity contribution in [3.8, 4) is 0 Å². The number of carboxylic acids is 1. The topological polar surface area (TPSA) is 60.8 Å². The van der Waals surface area contributed by atoms with Gasteiger partial charge in [-0.1, -0.05) is 27.2 Å². The Labute approximate surface area is 110 Å². The van der Waals surface area contributed by atoms with Gasteiger partial charge in [0.25, 0.3) is 0 Å². The number of hydrogen-bond acceptors (Lipinski definition) is 3. The molecule has 1 rings (SSSR count). The fraction of sp³-hybridized carbons (Fsp3) is 0.929. The van der Waals surface area contributed by atoms with E-state index in [0.717, 1.165) is 19.4 Å². The van der Waals surface area contributed by atoms with Gasteiger partial charge in [-0.05, 0) is 38.6 Å². The second-order valence-electron chi connectivity index (χ2n) is 6.12. The third-order valence-electron chi connectivity index (χ3n) is 4.44. The van der Waals surface area contributed by atoms with Crippen LogP contribution in [0.2, 0.25) is 0 Å². The van der Waals surface area contributed by atoms with E-state index in [4.69, 9.17) is 0 Å². The van der Waals surface area contributed by atoms with Gasteiger partial charge in [0.05, 0.1) is 5.60 Å². The van der Waals surface area contributed by atoms with Gasteiger partial charge < -0.3 is 10.2 Å². The zero-order chi connectivity index (χ0) is 14.0. The lowest BCUT2D eigenvalue weighted by Gasteiger charge is -2.40. The van der Waals surface area contributed by atoms with Gasteiger partial charge in [0.15, 0.2) is 0 Å². The fourth-order valence-corrected chi connectivity index (χ4v) is 2.78. The molecule has 0 aromatic heterocycles. The first-order chi connectivity index (χ1) is 8.26. The molecule has 0 aromatic carbocycles. The molecule has 1 fully saturated rings. The molecular weight excluding hydrogens is 230 g/mol. The minimum atomic E-state index is -0.835. The number of aliphatic hydroxyl groups is 1. The number of hydrogen-bond donors (Lipinski definition) is 2. The Hall–Kier alpha value is -0.610. The maximum atomic E-state index is 11.7. The third-order valence-corrected chi connectivity index (χ3v) is 4.44. The molecule has 1 heterocycles. The Morgan fingerprint density at radius 3 is 2.56 bits per heavy atom. The molecule has 4 heteroatoms. The Kier molecular flexibility index (Phi) is 4.78. The summed E-state index contributed by atoms with van der Waals surface area (Å²) in [5.41, 5.74) is -1.59. The minimum Gasteiger partial charge on any atom is -0.480 e. The summed E-state index contributed by atoms with van der Waals surface area (Å²) in [6, 6.07) is 0. The molecule has 2 atom stereocenters. The molecule has 0 radical (unpaired) electrons. The lowest BCUT2D eigenvalue weighted by molar-refractivity contribution is -0.152. The van der Waals surface area contributed by atoms with Crippen molar-refractivity contribution < 1.29 is 15.0 Å². The normalized spacial score (nSPS) is 28.6. The second kappa shape index (κ2) is 5.57. The molecule has 0 aromatic rings. The van der Waals surface area contributed by atoms with E-state index in [1.807, 2.05) is 25.7 Å². The molecule has 1 aliphatic heterocycles. The number of aliphatic carboxylic acids is 1. The number of nitrogens with zero attached hydrogens (tertiary/aromatic N) is 1. The predicted molar refractivity (Wildman–Crippen MR) is 71.5 cm³/mol. The molecule has 2 N–H and O–H groups in total. The largest absolute Gasteiger partial charge is 0.480 e. The van der Waals surface area contributed by atoms with E-state index in [9.17, 15) is 15.0 Å². The molecule has 0 amide bonds. The summed E-state index contributed by atoms with van der Waals surface area (Å²) in [7, 11) is 0. The third kappa shape index (κ3) is 2.86. The maximum Gasteiger partial charge on any atom is 0.324 e. The van der Waals surface area contributed by atoms with Gasteiger partial charge in [0.2, 0.25) is 0 Å². The molecular formula is C14H27NO3. The summed E-state index contributed by atoms with van der Waals surface area (Å²) in [6.45, 7) is 8.97. The SMILES string of the molecule is CCCC1(C(=O)O)CCCN1CC(C)(O)C(C)C. The first-order valence-electron chi connectivity index (χ1n) is 6.97. The van der Waals surface area contributed by atoms with Crippen molar-refractivity contribution in [3.63, 3.8) is 0 Å². The smallest absolute Gasteiger partial charge is 0.324 e. The average molecular weight is 257 g/mol. The molecule has 2 unspecified atom stereocenters. The van der Waals surface area contributed by atoms with Crippen molar-refractivity contribution in [1.29, 1.82) is 0 Å². The van der Waals surface area contributed by atoms with E-state index >= 15 is 0 Å². The highest BCUT2D eigenvalue weighted by Gasteiger charge is 2.48. The van der Waals surface area contributed by atoms with Gasteiger partial charge >= 0.3 is 5.97 Å². The zero-order valence-electron chi connectivity index (χ0n) is 12.1. The fourth-order valence-electron chi connectivity index (χ4n) is 2.78. The molecule has 106 valence electrons. The van der Waals surface area contributed by atoms with Gasteiger partial charge in [-0.15, -0.1) is 0 Å². The number of rotatable bonds is 6. The number of carboxylic acid groups (broad SMARTS) is 1. The van der Waals surface area contributed by atoms with Crippen LogP contribution >= 0.6 is 0 Å². The average Bonchev–Trinajstić information content (AvgIpc) is 2.62. The second-order valence-corrected chi connectivity index (χ2v) is 6.12. The van der Waals surface area contributed by atoms with Crippen molar-refractivity contribution in [1.82, 2.24) is 4.90 Å². The summed E-state index contributed by atoms with van der Waals surface area (Å²) in [5.74, 6) is -0.618. The van der Waals surface area contributed by atoms with E-state index in [0.29, 0.717) is 19.4 Å².